The highest BCUT2D eigenvalue weighted by Gasteiger charge is 2.30. The lowest BCUT2D eigenvalue weighted by Crippen LogP contribution is -2.18. The average molecular weight is 319 g/mol. The van der Waals surface area contributed by atoms with Gasteiger partial charge in [0.15, 0.2) is 0 Å². The number of halogens is 3. The Bertz CT molecular complexity index is 855. The van der Waals surface area contributed by atoms with E-state index in [4.69, 9.17) is 0 Å². The molecular formula is C16H12F3N3O. The maximum atomic E-state index is 12.7. The van der Waals surface area contributed by atoms with Gasteiger partial charge in [0.2, 0.25) is 5.91 Å². The lowest BCUT2D eigenvalue weighted by molar-refractivity contribution is -0.137. The Labute approximate surface area is 129 Å². The van der Waals surface area contributed by atoms with E-state index in [2.05, 4.69) is 10.3 Å². The van der Waals surface area contributed by atoms with Crippen molar-refractivity contribution in [3.8, 4) is 0 Å². The van der Waals surface area contributed by atoms with E-state index in [0.717, 1.165) is 23.2 Å². The van der Waals surface area contributed by atoms with Gasteiger partial charge in [-0.05, 0) is 30.3 Å². The van der Waals surface area contributed by atoms with Crippen LogP contribution in [0.5, 0.6) is 0 Å². The number of carbonyl (C=O) groups is 1. The molecular weight excluding hydrogens is 307 g/mol. The first kappa shape index (κ1) is 15.1. The van der Waals surface area contributed by atoms with E-state index in [1.54, 1.807) is 4.57 Å². The van der Waals surface area contributed by atoms with Crippen LogP contribution in [0, 0.1) is 0 Å². The van der Waals surface area contributed by atoms with Gasteiger partial charge in [0.05, 0.1) is 22.9 Å². The maximum Gasteiger partial charge on any atom is 0.416 e. The molecule has 0 saturated heterocycles. The molecule has 0 aliphatic heterocycles. The number of rotatable bonds is 3. The maximum absolute atomic E-state index is 12.7. The SMILES string of the molecule is O=C(Cn1cnc2ccccc21)Nc1cccc(C(F)(F)F)c1. The monoisotopic (exact) mass is 319 g/mol. The molecule has 1 aromatic heterocycles. The molecule has 0 aliphatic rings. The summed E-state index contributed by atoms with van der Waals surface area (Å²) in [5.74, 6) is -0.424. The largest absolute Gasteiger partial charge is 0.416 e. The fourth-order valence-corrected chi connectivity index (χ4v) is 2.26. The van der Waals surface area contributed by atoms with Gasteiger partial charge < -0.3 is 9.88 Å². The Kier molecular flexibility index (Phi) is 3.77. The number of benzene rings is 2. The topological polar surface area (TPSA) is 46.9 Å². The third-order valence-corrected chi connectivity index (χ3v) is 3.31. The van der Waals surface area contributed by atoms with Crippen molar-refractivity contribution in [2.75, 3.05) is 5.32 Å². The number of hydrogen-bond donors (Lipinski definition) is 1. The highest BCUT2D eigenvalue weighted by Crippen LogP contribution is 2.30. The van der Waals surface area contributed by atoms with Crippen LogP contribution in [0.25, 0.3) is 11.0 Å². The summed E-state index contributed by atoms with van der Waals surface area (Å²) in [6, 6.07) is 11.8. The third-order valence-electron chi connectivity index (χ3n) is 3.31. The van der Waals surface area contributed by atoms with Gasteiger partial charge in [-0.3, -0.25) is 4.79 Å². The molecule has 1 heterocycles. The van der Waals surface area contributed by atoms with Crippen LogP contribution in [-0.4, -0.2) is 15.5 Å². The van der Waals surface area contributed by atoms with Crippen molar-refractivity contribution in [2.45, 2.75) is 12.7 Å². The number of carbonyl (C=O) groups excluding carboxylic acids is 1. The summed E-state index contributed by atoms with van der Waals surface area (Å²) >= 11 is 0. The predicted molar refractivity (Wildman–Crippen MR) is 79.8 cm³/mol. The van der Waals surface area contributed by atoms with Crippen LogP contribution < -0.4 is 5.32 Å². The van der Waals surface area contributed by atoms with E-state index >= 15 is 0 Å². The normalized spacial score (nSPS) is 11.6. The molecule has 1 N–H and O–H groups in total. The van der Waals surface area contributed by atoms with Crippen LogP contribution in [0.2, 0.25) is 0 Å². The Hall–Kier alpha value is -2.83. The average Bonchev–Trinajstić information content (AvgIpc) is 2.90. The van der Waals surface area contributed by atoms with Crippen LogP contribution in [0.3, 0.4) is 0 Å². The highest BCUT2D eigenvalue weighted by atomic mass is 19.4. The standard InChI is InChI=1S/C16H12F3N3O/c17-16(18,19)11-4-3-5-12(8-11)21-15(23)9-22-10-20-13-6-1-2-7-14(13)22/h1-8,10H,9H2,(H,21,23). The molecule has 0 unspecified atom stereocenters. The quantitative estimate of drug-likeness (QED) is 0.800. The number of para-hydroxylation sites is 2. The zero-order chi connectivity index (χ0) is 16.4. The number of amides is 1. The summed E-state index contributed by atoms with van der Waals surface area (Å²) in [6.07, 6.45) is -2.92. The van der Waals surface area contributed by atoms with Crippen LogP contribution in [0.4, 0.5) is 18.9 Å². The van der Waals surface area contributed by atoms with E-state index in [-0.39, 0.29) is 12.2 Å². The van der Waals surface area contributed by atoms with Gasteiger partial charge in [0, 0.05) is 5.69 Å². The van der Waals surface area contributed by atoms with Crippen molar-refractivity contribution >= 4 is 22.6 Å². The fraction of sp³-hybridized carbons (Fsp3) is 0.125. The van der Waals surface area contributed by atoms with Crippen LogP contribution in [-0.2, 0) is 17.5 Å². The number of aromatic nitrogens is 2. The molecule has 23 heavy (non-hydrogen) atoms. The molecule has 4 nitrogen and oxygen atoms in total. The molecule has 0 atom stereocenters. The van der Waals surface area contributed by atoms with E-state index < -0.39 is 17.6 Å². The van der Waals surface area contributed by atoms with Crippen molar-refractivity contribution in [3.05, 3.63) is 60.4 Å². The number of alkyl halides is 3. The van der Waals surface area contributed by atoms with Gasteiger partial charge in [-0.15, -0.1) is 0 Å². The first-order valence-electron chi connectivity index (χ1n) is 6.80. The third kappa shape index (κ3) is 3.33. The predicted octanol–water partition coefficient (Wildman–Crippen LogP) is 3.69. The van der Waals surface area contributed by atoms with Crippen LogP contribution in [0.15, 0.2) is 54.9 Å². The number of fused-ring (bicyclic) bond motifs is 1. The van der Waals surface area contributed by atoms with Crippen molar-refractivity contribution in [3.63, 3.8) is 0 Å². The number of nitrogens with zero attached hydrogens (tertiary/aromatic N) is 2. The molecule has 0 fully saturated rings. The molecule has 0 bridgehead atoms. The lowest BCUT2D eigenvalue weighted by Gasteiger charge is -2.10. The summed E-state index contributed by atoms with van der Waals surface area (Å²) in [5.41, 5.74) is 0.837. The van der Waals surface area contributed by atoms with E-state index in [1.807, 2.05) is 24.3 Å². The Balaban J connectivity index is 1.75. The summed E-state index contributed by atoms with van der Waals surface area (Å²) in [4.78, 5) is 16.2. The number of anilines is 1. The second-order valence-corrected chi connectivity index (χ2v) is 4.99. The Morgan fingerprint density at radius 3 is 2.70 bits per heavy atom. The van der Waals surface area contributed by atoms with Crippen molar-refractivity contribution in [2.24, 2.45) is 0 Å². The molecule has 0 saturated carbocycles. The smallest absolute Gasteiger partial charge is 0.325 e. The van der Waals surface area contributed by atoms with E-state index in [9.17, 15) is 18.0 Å². The molecule has 118 valence electrons. The highest BCUT2D eigenvalue weighted by molar-refractivity contribution is 5.91. The van der Waals surface area contributed by atoms with Gasteiger partial charge in [0.1, 0.15) is 6.54 Å². The number of nitrogens with one attached hydrogen (secondary N) is 1. The minimum Gasteiger partial charge on any atom is -0.325 e. The molecule has 7 heteroatoms. The first-order valence-corrected chi connectivity index (χ1v) is 6.80. The van der Waals surface area contributed by atoms with Gasteiger partial charge in [-0.1, -0.05) is 18.2 Å². The minimum atomic E-state index is -4.44. The molecule has 0 radical (unpaired) electrons. The fourth-order valence-electron chi connectivity index (χ4n) is 2.26. The van der Waals surface area contributed by atoms with E-state index in [1.165, 1.54) is 18.5 Å². The molecule has 3 rings (SSSR count). The Morgan fingerprint density at radius 2 is 1.91 bits per heavy atom. The molecule has 1 amide bonds. The first-order chi connectivity index (χ1) is 10.9. The zero-order valence-electron chi connectivity index (χ0n) is 11.8. The van der Waals surface area contributed by atoms with Crippen molar-refractivity contribution < 1.29 is 18.0 Å². The summed E-state index contributed by atoms with van der Waals surface area (Å²) < 4.78 is 39.6. The molecule has 3 aromatic rings. The van der Waals surface area contributed by atoms with Crippen molar-refractivity contribution in [1.82, 2.24) is 9.55 Å². The summed E-state index contributed by atoms with van der Waals surface area (Å²) in [5, 5.41) is 2.47. The molecule has 2 aromatic carbocycles. The molecule has 0 spiro atoms. The number of imidazole rings is 1. The van der Waals surface area contributed by atoms with Gasteiger partial charge in [-0.2, -0.15) is 13.2 Å². The van der Waals surface area contributed by atoms with Crippen LogP contribution >= 0.6 is 0 Å². The summed E-state index contributed by atoms with van der Waals surface area (Å²) in [7, 11) is 0. The summed E-state index contributed by atoms with van der Waals surface area (Å²) in [6.45, 7) is -0.0310. The van der Waals surface area contributed by atoms with Crippen molar-refractivity contribution in [1.29, 1.82) is 0 Å². The van der Waals surface area contributed by atoms with Gasteiger partial charge in [-0.25, -0.2) is 4.98 Å². The second kappa shape index (κ2) is 5.75. The van der Waals surface area contributed by atoms with Gasteiger partial charge >= 0.3 is 6.18 Å². The second-order valence-electron chi connectivity index (χ2n) is 4.99. The number of hydrogen-bond acceptors (Lipinski definition) is 2. The lowest BCUT2D eigenvalue weighted by atomic mass is 10.2. The minimum absolute atomic E-state index is 0.0310. The van der Waals surface area contributed by atoms with E-state index in [0.29, 0.717) is 0 Å². The Morgan fingerprint density at radius 1 is 1.13 bits per heavy atom. The van der Waals surface area contributed by atoms with Crippen LogP contribution in [0.1, 0.15) is 5.56 Å². The zero-order valence-corrected chi connectivity index (χ0v) is 11.8. The molecule has 0 aliphatic carbocycles. The van der Waals surface area contributed by atoms with Gasteiger partial charge in [0.25, 0.3) is 0 Å².